The average molecular weight is 175 g/mol. The van der Waals surface area contributed by atoms with E-state index >= 15 is 0 Å². The Morgan fingerprint density at radius 1 is 1.38 bits per heavy atom. The van der Waals surface area contributed by atoms with Gasteiger partial charge >= 0.3 is 0 Å². The van der Waals surface area contributed by atoms with Gasteiger partial charge in [0.2, 0.25) is 5.91 Å². The van der Waals surface area contributed by atoms with Crippen LogP contribution in [0.25, 0.3) is 6.08 Å². The van der Waals surface area contributed by atoms with E-state index in [0.717, 1.165) is 12.0 Å². The molecule has 0 aliphatic rings. The average Bonchev–Trinajstić information content (AvgIpc) is 2.15. The summed E-state index contributed by atoms with van der Waals surface area (Å²) in [5.74, 6) is -0.383. The van der Waals surface area contributed by atoms with Crippen LogP contribution in [-0.2, 0) is 0 Å². The summed E-state index contributed by atoms with van der Waals surface area (Å²) >= 11 is 0. The van der Waals surface area contributed by atoms with Crippen LogP contribution in [0.2, 0.25) is 0 Å². The van der Waals surface area contributed by atoms with Crippen molar-refractivity contribution in [1.82, 2.24) is 0 Å². The Labute approximate surface area is 78.1 Å². The molecule has 0 aliphatic heterocycles. The van der Waals surface area contributed by atoms with Crippen LogP contribution in [0.4, 0.5) is 0 Å². The molecule has 0 heterocycles. The number of primary amides is 1. The van der Waals surface area contributed by atoms with Gasteiger partial charge in [-0.15, -0.1) is 0 Å². The van der Waals surface area contributed by atoms with E-state index < -0.39 is 0 Å². The van der Waals surface area contributed by atoms with Gasteiger partial charge in [0, 0.05) is 5.56 Å². The first-order valence-electron chi connectivity index (χ1n) is 4.30. The molecule has 0 bridgehead atoms. The van der Waals surface area contributed by atoms with Gasteiger partial charge in [-0.1, -0.05) is 31.2 Å². The van der Waals surface area contributed by atoms with E-state index in [9.17, 15) is 4.79 Å². The maximum Gasteiger partial charge on any atom is 0.248 e. The van der Waals surface area contributed by atoms with Gasteiger partial charge < -0.3 is 5.73 Å². The zero-order chi connectivity index (χ0) is 9.68. The molecule has 2 heteroatoms. The first-order valence-corrected chi connectivity index (χ1v) is 4.30. The van der Waals surface area contributed by atoms with E-state index in [1.54, 1.807) is 12.1 Å². The largest absolute Gasteiger partial charge is 0.366 e. The van der Waals surface area contributed by atoms with Crippen molar-refractivity contribution >= 4 is 12.0 Å². The molecule has 1 aromatic rings. The number of nitrogens with two attached hydrogens (primary N) is 1. The third-order valence-corrected chi connectivity index (χ3v) is 1.74. The molecule has 0 fully saturated rings. The number of carbonyl (C=O) groups excluding carboxylic acids is 1. The molecule has 2 nitrogen and oxygen atoms in total. The van der Waals surface area contributed by atoms with Crippen molar-refractivity contribution in [3.63, 3.8) is 0 Å². The van der Waals surface area contributed by atoms with Crippen LogP contribution in [-0.4, -0.2) is 5.91 Å². The molecule has 1 amide bonds. The standard InChI is InChI=1S/C11H13NO/c1-2-3-4-9-5-7-10(8-6-9)11(12)13/h3-8H,2H2,1H3,(H2,12,13)/b4-3+. The Morgan fingerprint density at radius 2 is 2.00 bits per heavy atom. The van der Waals surface area contributed by atoms with Gasteiger partial charge in [0.25, 0.3) is 0 Å². The molecule has 0 saturated heterocycles. The molecule has 0 radical (unpaired) electrons. The molecule has 0 aromatic heterocycles. The summed E-state index contributed by atoms with van der Waals surface area (Å²) in [5, 5.41) is 0. The lowest BCUT2D eigenvalue weighted by Crippen LogP contribution is -2.10. The number of carbonyl (C=O) groups is 1. The molecule has 0 atom stereocenters. The molecule has 1 aromatic carbocycles. The first kappa shape index (κ1) is 9.52. The maximum absolute atomic E-state index is 10.7. The highest BCUT2D eigenvalue weighted by molar-refractivity contribution is 5.92. The molecule has 0 saturated carbocycles. The fourth-order valence-electron chi connectivity index (χ4n) is 1.01. The van der Waals surface area contributed by atoms with Crippen LogP contribution in [0.15, 0.2) is 30.3 Å². The lowest BCUT2D eigenvalue weighted by molar-refractivity contribution is 0.100. The van der Waals surface area contributed by atoms with Crippen LogP contribution in [0.5, 0.6) is 0 Å². The van der Waals surface area contributed by atoms with Gasteiger partial charge in [0.05, 0.1) is 0 Å². The monoisotopic (exact) mass is 175 g/mol. The van der Waals surface area contributed by atoms with Crippen molar-refractivity contribution in [3.8, 4) is 0 Å². The molecule has 0 aliphatic carbocycles. The van der Waals surface area contributed by atoms with E-state index in [1.807, 2.05) is 18.2 Å². The zero-order valence-corrected chi connectivity index (χ0v) is 7.66. The Bertz CT molecular complexity index is 311. The van der Waals surface area contributed by atoms with Crippen molar-refractivity contribution in [2.45, 2.75) is 13.3 Å². The third-order valence-electron chi connectivity index (χ3n) is 1.74. The number of amides is 1. The number of rotatable bonds is 3. The molecular weight excluding hydrogens is 162 g/mol. The van der Waals surface area contributed by atoms with Crippen LogP contribution >= 0.6 is 0 Å². The van der Waals surface area contributed by atoms with Gasteiger partial charge in [-0.25, -0.2) is 0 Å². The van der Waals surface area contributed by atoms with E-state index in [1.165, 1.54) is 0 Å². The summed E-state index contributed by atoms with van der Waals surface area (Å²) < 4.78 is 0. The molecule has 68 valence electrons. The van der Waals surface area contributed by atoms with Gasteiger partial charge in [-0.05, 0) is 24.1 Å². The second-order valence-corrected chi connectivity index (χ2v) is 2.80. The number of hydrogen-bond acceptors (Lipinski definition) is 1. The molecule has 0 unspecified atom stereocenters. The Balaban J connectivity index is 2.81. The topological polar surface area (TPSA) is 43.1 Å². The minimum Gasteiger partial charge on any atom is -0.366 e. The van der Waals surface area contributed by atoms with E-state index in [2.05, 4.69) is 13.0 Å². The van der Waals surface area contributed by atoms with Crippen molar-refractivity contribution in [2.75, 3.05) is 0 Å². The minimum atomic E-state index is -0.383. The molecular formula is C11H13NO. The fourth-order valence-corrected chi connectivity index (χ4v) is 1.01. The molecule has 13 heavy (non-hydrogen) atoms. The normalized spacial score (nSPS) is 10.5. The second-order valence-electron chi connectivity index (χ2n) is 2.80. The summed E-state index contributed by atoms with van der Waals surface area (Å²) in [4.78, 5) is 10.7. The second kappa shape index (κ2) is 4.45. The summed E-state index contributed by atoms with van der Waals surface area (Å²) in [6.45, 7) is 2.08. The number of benzene rings is 1. The van der Waals surface area contributed by atoms with Crippen LogP contribution in [0.3, 0.4) is 0 Å². The fraction of sp³-hybridized carbons (Fsp3) is 0.182. The highest BCUT2D eigenvalue weighted by Crippen LogP contribution is 2.05. The highest BCUT2D eigenvalue weighted by atomic mass is 16.1. The minimum absolute atomic E-state index is 0.383. The zero-order valence-electron chi connectivity index (χ0n) is 7.66. The van der Waals surface area contributed by atoms with Crippen LogP contribution in [0, 0.1) is 0 Å². The van der Waals surface area contributed by atoms with Crippen molar-refractivity contribution in [2.24, 2.45) is 5.73 Å². The predicted octanol–water partition coefficient (Wildman–Crippen LogP) is 2.21. The quantitative estimate of drug-likeness (QED) is 0.752. The summed E-state index contributed by atoms with van der Waals surface area (Å²) in [7, 11) is 0. The van der Waals surface area contributed by atoms with Gasteiger partial charge in [0.15, 0.2) is 0 Å². The Hall–Kier alpha value is -1.57. The lowest BCUT2D eigenvalue weighted by atomic mass is 10.1. The highest BCUT2D eigenvalue weighted by Gasteiger charge is 1.97. The smallest absolute Gasteiger partial charge is 0.248 e. The summed E-state index contributed by atoms with van der Waals surface area (Å²) in [6.07, 6.45) is 5.10. The lowest BCUT2D eigenvalue weighted by Gasteiger charge is -1.95. The Kier molecular flexibility index (Phi) is 3.26. The van der Waals surface area contributed by atoms with Gasteiger partial charge in [-0.3, -0.25) is 4.79 Å². The predicted molar refractivity (Wildman–Crippen MR) is 54.3 cm³/mol. The number of hydrogen-bond donors (Lipinski definition) is 1. The molecule has 2 N–H and O–H groups in total. The van der Waals surface area contributed by atoms with E-state index in [-0.39, 0.29) is 5.91 Å². The first-order chi connectivity index (χ1) is 6.24. The van der Waals surface area contributed by atoms with Crippen molar-refractivity contribution < 1.29 is 4.79 Å². The Morgan fingerprint density at radius 3 is 2.46 bits per heavy atom. The van der Waals surface area contributed by atoms with E-state index in [4.69, 9.17) is 5.73 Å². The van der Waals surface area contributed by atoms with Gasteiger partial charge in [-0.2, -0.15) is 0 Å². The van der Waals surface area contributed by atoms with Crippen LogP contribution in [0.1, 0.15) is 29.3 Å². The van der Waals surface area contributed by atoms with Crippen molar-refractivity contribution in [1.29, 1.82) is 0 Å². The van der Waals surface area contributed by atoms with Gasteiger partial charge in [0.1, 0.15) is 0 Å². The molecule has 1 rings (SSSR count). The number of allylic oxidation sites excluding steroid dienone is 1. The van der Waals surface area contributed by atoms with Crippen molar-refractivity contribution in [3.05, 3.63) is 41.5 Å². The molecule has 0 spiro atoms. The summed E-state index contributed by atoms with van der Waals surface area (Å²) in [6, 6.07) is 7.23. The van der Waals surface area contributed by atoms with E-state index in [0.29, 0.717) is 5.56 Å². The van der Waals surface area contributed by atoms with Crippen LogP contribution < -0.4 is 5.73 Å². The third kappa shape index (κ3) is 2.75. The summed E-state index contributed by atoms with van der Waals surface area (Å²) in [5.41, 5.74) is 6.75. The maximum atomic E-state index is 10.7. The SMILES string of the molecule is CC/C=C/c1ccc(C(N)=O)cc1.